The molecule has 1 N–H and O–H groups in total. The highest BCUT2D eigenvalue weighted by molar-refractivity contribution is 5.74. The number of amides is 2. The number of hydrogen-bond acceptors (Lipinski definition) is 4. The number of piperidine rings is 1. The van der Waals surface area contributed by atoms with E-state index < -0.39 is 0 Å². The van der Waals surface area contributed by atoms with Crippen LogP contribution in [0.2, 0.25) is 0 Å². The van der Waals surface area contributed by atoms with Crippen LogP contribution >= 0.6 is 0 Å². The number of hydrogen-bond donors (Lipinski definition) is 1. The molecule has 0 unspecified atom stereocenters. The molecular formula is C17H27N7O. The summed E-state index contributed by atoms with van der Waals surface area (Å²) in [6.07, 6.45) is 6.06. The largest absolute Gasteiger partial charge is 0.335 e. The van der Waals surface area contributed by atoms with Crippen molar-refractivity contribution in [2.75, 3.05) is 13.1 Å². The predicted octanol–water partition coefficient (Wildman–Crippen LogP) is 1.61. The Labute approximate surface area is 148 Å². The van der Waals surface area contributed by atoms with E-state index in [9.17, 15) is 4.79 Å². The lowest BCUT2D eigenvalue weighted by Gasteiger charge is -2.33. The number of aromatic nitrogens is 5. The van der Waals surface area contributed by atoms with Crippen molar-refractivity contribution in [1.29, 1.82) is 0 Å². The molecular weight excluding hydrogens is 318 g/mol. The summed E-state index contributed by atoms with van der Waals surface area (Å²) in [5.41, 5.74) is 3.41. The fourth-order valence-corrected chi connectivity index (χ4v) is 3.53. The van der Waals surface area contributed by atoms with Crippen LogP contribution in [0, 0.1) is 13.8 Å². The number of urea groups is 1. The molecule has 136 valence electrons. The Kier molecular flexibility index (Phi) is 5.06. The normalized spacial score (nSPS) is 19.0. The first-order chi connectivity index (χ1) is 12.0. The van der Waals surface area contributed by atoms with Gasteiger partial charge >= 0.3 is 6.03 Å². The van der Waals surface area contributed by atoms with E-state index in [0.717, 1.165) is 37.2 Å². The van der Waals surface area contributed by atoms with Gasteiger partial charge in [-0.15, -0.1) is 0 Å². The number of carbonyl (C=O) groups is 1. The highest BCUT2D eigenvalue weighted by Crippen LogP contribution is 2.20. The third-order valence-electron chi connectivity index (χ3n) is 5.03. The Morgan fingerprint density at radius 1 is 1.44 bits per heavy atom. The van der Waals surface area contributed by atoms with Crippen LogP contribution in [-0.2, 0) is 13.5 Å². The maximum atomic E-state index is 12.6. The summed E-state index contributed by atoms with van der Waals surface area (Å²) in [4.78, 5) is 18.5. The zero-order chi connectivity index (χ0) is 18.0. The SMILES string of the molecule is Cc1nn(C)c(C)c1C[C@@H](C)NC(=O)N1CCC[C@H](n2cncn2)C1. The molecule has 0 aliphatic carbocycles. The van der Waals surface area contributed by atoms with Gasteiger partial charge in [0, 0.05) is 31.9 Å². The lowest BCUT2D eigenvalue weighted by molar-refractivity contribution is 0.160. The van der Waals surface area contributed by atoms with Crippen LogP contribution in [0.5, 0.6) is 0 Å². The Bertz CT molecular complexity index is 722. The number of rotatable bonds is 4. The highest BCUT2D eigenvalue weighted by Gasteiger charge is 2.26. The summed E-state index contributed by atoms with van der Waals surface area (Å²) in [6.45, 7) is 7.59. The van der Waals surface area contributed by atoms with E-state index in [1.807, 2.05) is 35.2 Å². The Morgan fingerprint density at radius 2 is 2.24 bits per heavy atom. The molecule has 1 fully saturated rings. The summed E-state index contributed by atoms with van der Waals surface area (Å²) < 4.78 is 3.75. The van der Waals surface area contributed by atoms with Gasteiger partial charge in [-0.25, -0.2) is 14.5 Å². The van der Waals surface area contributed by atoms with Crippen LogP contribution in [0.3, 0.4) is 0 Å². The van der Waals surface area contributed by atoms with Gasteiger partial charge in [0.2, 0.25) is 0 Å². The van der Waals surface area contributed by atoms with Crippen LogP contribution in [0.4, 0.5) is 4.79 Å². The summed E-state index contributed by atoms with van der Waals surface area (Å²) in [5.74, 6) is 0. The van der Waals surface area contributed by atoms with Crippen molar-refractivity contribution in [2.45, 2.75) is 52.1 Å². The third-order valence-corrected chi connectivity index (χ3v) is 5.03. The second-order valence-corrected chi connectivity index (χ2v) is 6.95. The molecule has 2 amide bonds. The summed E-state index contributed by atoms with van der Waals surface area (Å²) >= 11 is 0. The molecule has 2 aromatic rings. The van der Waals surface area contributed by atoms with E-state index in [0.29, 0.717) is 6.54 Å². The maximum Gasteiger partial charge on any atom is 0.317 e. The molecule has 1 aliphatic heterocycles. The van der Waals surface area contributed by atoms with Gasteiger partial charge in [0.05, 0.1) is 11.7 Å². The van der Waals surface area contributed by atoms with Gasteiger partial charge in [-0.1, -0.05) is 0 Å². The van der Waals surface area contributed by atoms with Crippen molar-refractivity contribution in [3.63, 3.8) is 0 Å². The van der Waals surface area contributed by atoms with Gasteiger partial charge in [0.1, 0.15) is 12.7 Å². The summed E-state index contributed by atoms with van der Waals surface area (Å²) in [6, 6.07) is 0.262. The van der Waals surface area contributed by atoms with Crippen LogP contribution < -0.4 is 5.32 Å². The van der Waals surface area contributed by atoms with Crippen LogP contribution in [0.25, 0.3) is 0 Å². The second-order valence-electron chi connectivity index (χ2n) is 6.95. The molecule has 8 heteroatoms. The maximum absolute atomic E-state index is 12.6. The Balaban J connectivity index is 1.57. The number of nitrogens with one attached hydrogen (secondary N) is 1. The Morgan fingerprint density at radius 3 is 2.88 bits per heavy atom. The van der Waals surface area contributed by atoms with E-state index in [1.54, 1.807) is 12.7 Å². The second kappa shape index (κ2) is 7.25. The molecule has 0 saturated carbocycles. The molecule has 1 aliphatic rings. The fraction of sp³-hybridized carbons (Fsp3) is 0.647. The molecule has 25 heavy (non-hydrogen) atoms. The predicted molar refractivity (Wildman–Crippen MR) is 94.2 cm³/mol. The molecule has 1 saturated heterocycles. The van der Waals surface area contributed by atoms with Crippen molar-refractivity contribution in [2.24, 2.45) is 7.05 Å². The summed E-state index contributed by atoms with van der Waals surface area (Å²) in [7, 11) is 1.95. The average molecular weight is 345 g/mol. The quantitative estimate of drug-likeness (QED) is 0.913. The van der Waals surface area contributed by atoms with E-state index >= 15 is 0 Å². The number of likely N-dealkylation sites (tertiary alicyclic amines) is 1. The first-order valence-electron chi connectivity index (χ1n) is 8.84. The molecule has 2 atom stereocenters. The van der Waals surface area contributed by atoms with E-state index in [2.05, 4.69) is 27.4 Å². The molecule has 0 spiro atoms. The van der Waals surface area contributed by atoms with Gasteiger partial charge in [-0.3, -0.25) is 4.68 Å². The van der Waals surface area contributed by atoms with Crippen molar-refractivity contribution in [3.8, 4) is 0 Å². The highest BCUT2D eigenvalue weighted by atomic mass is 16.2. The summed E-state index contributed by atoms with van der Waals surface area (Å²) in [5, 5.41) is 11.8. The average Bonchev–Trinajstić information content (AvgIpc) is 3.20. The van der Waals surface area contributed by atoms with Crippen molar-refractivity contribution >= 4 is 6.03 Å². The first kappa shape index (κ1) is 17.4. The van der Waals surface area contributed by atoms with E-state index in [-0.39, 0.29) is 18.1 Å². The third kappa shape index (κ3) is 3.83. The van der Waals surface area contributed by atoms with Gasteiger partial charge < -0.3 is 10.2 Å². The van der Waals surface area contributed by atoms with Gasteiger partial charge in [-0.05, 0) is 45.6 Å². The number of aryl methyl sites for hydroxylation is 2. The van der Waals surface area contributed by atoms with Crippen molar-refractivity contribution in [3.05, 3.63) is 29.6 Å². The molecule has 0 radical (unpaired) electrons. The fourth-order valence-electron chi connectivity index (χ4n) is 3.53. The standard InChI is InChI=1S/C17H27N7O/c1-12(8-16-13(2)21-22(4)14(16)3)20-17(25)23-7-5-6-15(9-23)24-11-18-10-19-24/h10-12,15H,5-9H2,1-4H3,(H,20,25)/t12-,15+/m1/s1. The molecule has 3 rings (SSSR count). The van der Waals surface area contributed by atoms with E-state index in [1.165, 1.54) is 5.56 Å². The zero-order valence-electron chi connectivity index (χ0n) is 15.4. The van der Waals surface area contributed by atoms with Gasteiger partial charge in [0.25, 0.3) is 0 Å². The van der Waals surface area contributed by atoms with Crippen LogP contribution in [0.1, 0.15) is 42.8 Å². The van der Waals surface area contributed by atoms with Crippen molar-refractivity contribution in [1.82, 2.24) is 34.8 Å². The van der Waals surface area contributed by atoms with E-state index in [4.69, 9.17) is 0 Å². The minimum atomic E-state index is -0.00323. The smallest absolute Gasteiger partial charge is 0.317 e. The molecule has 2 aromatic heterocycles. The molecule has 0 bridgehead atoms. The Hall–Kier alpha value is -2.38. The number of carbonyl (C=O) groups excluding carboxylic acids is 1. The monoisotopic (exact) mass is 345 g/mol. The van der Waals surface area contributed by atoms with Gasteiger partial charge in [0.15, 0.2) is 0 Å². The molecule has 0 aromatic carbocycles. The van der Waals surface area contributed by atoms with Crippen molar-refractivity contribution < 1.29 is 4.79 Å². The minimum Gasteiger partial charge on any atom is -0.335 e. The molecule has 3 heterocycles. The zero-order valence-corrected chi connectivity index (χ0v) is 15.4. The van der Waals surface area contributed by atoms with Crippen LogP contribution in [-0.4, -0.2) is 54.6 Å². The lowest BCUT2D eigenvalue weighted by Crippen LogP contribution is -2.48. The first-order valence-corrected chi connectivity index (χ1v) is 8.84. The lowest BCUT2D eigenvalue weighted by atomic mass is 10.0. The van der Waals surface area contributed by atoms with Crippen LogP contribution in [0.15, 0.2) is 12.7 Å². The number of nitrogens with zero attached hydrogens (tertiary/aromatic N) is 6. The van der Waals surface area contributed by atoms with Gasteiger partial charge in [-0.2, -0.15) is 10.2 Å². The molecule has 8 nitrogen and oxygen atoms in total. The topological polar surface area (TPSA) is 80.9 Å². The minimum absolute atomic E-state index is 0.00323.